The maximum atomic E-state index is 12.8. The largest absolute Gasteiger partial charge is 0.325 e. The molecule has 3 heteroatoms. The predicted molar refractivity (Wildman–Crippen MR) is 76.7 cm³/mol. The van der Waals surface area contributed by atoms with Crippen molar-refractivity contribution in [2.45, 2.75) is 83.3 Å². The minimum absolute atomic E-state index is 0.188. The van der Waals surface area contributed by atoms with E-state index in [-0.39, 0.29) is 11.7 Å². The summed E-state index contributed by atoms with van der Waals surface area (Å²) in [5.41, 5.74) is 0.225. The Morgan fingerprint density at radius 1 is 1.16 bits per heavy atom. The van der Waals surface area contributed by atoms with Crippen molar-refractivity contribution in [1.29, 1.82) is 0 Å². The third-order valence-electron chi connectivity index (χ3n) is 6.00. The summed E-state index contributed by atoms with van der Waals surface area (Å²) in [7, 11) is 0. The number of carbonyl (C=O) groups is 1. The van der Waals surface area contributed by atoms with Crippen LogP contribution in [0.1, 0.15) is 71.6 Å². The Bertz CT molecular complexity index is 354. The van der Waals surface area contributed by atoms with Crippen molar-refractivity contribution in [3.05, 3.63) is 0 Å². The summed E-state index contributed by atoms with van der Waals surface area (Å²) in [6, 6.07) is 0. The first kappa shape index (κ1) is 13.4. The molecule has 1 aliphatic heterocycles. The van der Waals surface area contributed by atoms with E-state index in [9.17, 15) is 4.79 Å². The van der Waals surface area contributed by atoms with Crippen LogP contribution in [0.3, 0.4) is 0 Å². The molecule has 2 aliphatic carbocycles. The van der Waals surface area contributed by atoms with Gasteiger partial charge in [-0.25, -0.2) is 0 Å². The van der Waals surface area contributed by atoms with Gasteiger partial charge in [-0.2, -0.15) is 0 Å². The minimum atomic E-state index is -0.188. The quantitative estimate of drug-likeness (QED) is 0.849. The second-order valence-corrected chi connectivity index (χ2v) is 7.10. The van der Waals surface area contributed by atoms with Crippen molar-refractivity contribution in [2.75, 3.05) is 6.54 Å². The number of nitrogens with one attached hydrogen (secondary N) is 1. The molecule has 0 radical (unpaired) electrons. The first-order valence-electron chi connectivity index (χ1n) is 8.20. The molecule has 1 heterocycles. The highest BCUT2D eigenvalue weighted by Gasteiger charge is 2.52. The number of rotatable bonds is 3. The molecule has 1 unspecified atom stereocenters. The number of nitrogens with zero attached hydrogens (tertiary/aromatic N) is 1. The molecule has 0 aromatic carbocycles. The lowest BCUT2D eigenvalue weighted by Crippen LogP contribution is -2.45. The van der Waals surface area contributed by atoms with Crippen LogP contribution >= 0.6 is 0 Å². The van der Waals surface area contributed by atoms with Crippen LogP contribution in [0.15, 0.2) is 0 Å². The van der Waals surface area contributed by atoms with Crippen LogP contribution in [0.5, 0.6) is 0 Å². The maximum absolute atomic E-state index is 12.8. The Morgan fingerprint density at radius 3 is 2.32 bits per heavy atom. The molecule has 3 rings (SSSR count). The van der Waals surface area contributed by atoms with E-state index < -0.39 is 0 Å². The van der Waals surface area contributed by atoms with Gasteiger partial charge >= 0.3 is 0 Å². The van der Waals surface area contributed by atoms with E-state index >= 15 is 0 Å². The van der Waals surface area contributed by atoms with Crippen molar-refractivity contribution >= 4 is 5.91 Å². The van der Waals surface area contributed by atoms with E-state index in [1.54, 1.807) is 0 Å². The van der Waals surface area contributed by atoms with Crippen LogP contribution in [-0.2, 0) is 4.79 Å². The average molecular weight is 264 g/mol. The van der Waals surface area contributed by atoms with Crippen LogP contribution in [0.25, 0.3) is 0 Å². The molecule has 3 fully saturated rings. The lowest BCUT2D eigenvalue weighted by Gasteiger charge is -2.34. The zero-order valence-electron chi connectivity index (χ0n) is 12.5. The molecule has 1 amide bonds. The topological polar surface area (TPSA) is 32.3 Å². The van der Waals surface area contributed by atoms with Crippen molar-refractivity contribution in [2.24, 2.45) is 5.41 Å². The molecule has 108 valence electrons. The van der Waals surface area contributed by atoms with E-state index in [4.69, 9.17) is 0 Å². The van der Waals surface area contributed by atoms with E-state index in [1.807, 2.05) is 0 Å². The maximum Gasteiger partial charge on any atom is 0.244 e. The lowest BCUT2D eigenvalue weighted by molar-refractivity contribution is -0.134. The molecular formula is C16H28N2O. The Hall–Kier alpha value is -0.570. The molecule has 1 saturated heterocycles. The van der Waals surface area contributed by atoms with Gasteiger partial charge in [0, 0.05) is 6.54 Å². The zero-order valence-corrected chi connectivity index (χ0v) is 12.5. The molecule has 3 aliphatic rings. The third-order valence-corrected chi connectivity index (χ3v) is 6.00. The van der Waals surface area contributed by atoms with Crippen molar-refractivity contribution in [3.63, 3.8) is 0 Å². The minimum Gasteiger partial charge on any atom is -0.325 e. The van der Waals surface area contributed by atoms with Crippen molar-refractivity contribution in [3.8, 4) is 0 Å². The van der Waals surface area contributed by atoms with Gasteiger partial charge in [-0.15, -0.1) is 0 Å². The fourth-order valence-corrected chi connectivity index (χ4v) is 4.65. The van der Waals surface area contributed by atoms with Gasteiger partial charge in [-0.1, -0.05) is 32.6 Å². The number of hydrogen-bond donors (Lipinski definition) is 1. The lowest BCUT2D eigenvalue weighted by atomic mass is 9.82. The van der Waals surface area contributed by atoms with Gasteiger partial charge in [0.1, 0.15) is 0 Å². The summed E-state index contributed by atoms with van der Waals surface area (Å²) in [6.07, 6.45) is 11.3. The Morgan fingerprint density at radius 2 is 1.74 bits per heavy atom. The molecule has 2 saturated carbocycles. The second-order valence-electron chi connectivity index (χ2n) is 7.10. The Balaban J connectivity index is 1.75. The summed E-state index contributed by atoms with van der Waals surface area (Å²) in [4.78, 5) is 15.0. The van der Waals surface area contributed by atoms with Crippen LogP contribution < -0.4 is 5.32 Å². The van der Waals surface area contributed by atoms with Crippen molar-refractivity contribution in [1.82, 2.24) is 10.2 Å². The molecule has 0 bridgehead atoms. The first-order valence-corrected chi connectivity index (χ1v) is 8.20. The smallest absolute Gasteiger partial charge is 0.244 e. The van der Waals surface area contributed by atoms with E-state index in [0.29, 0.717) is 11.3 Å². The van der Waals surface area contributed by atoms with E-state index in [0.717, 1.165) is 19.4 Å². The predicted octanol–water partition coefficient (Wildman–Crippen LogP) is 3.05. The standard InChI is InChI=1S/C16H28N2O/c1-3-15(8-4-5-9-15)12-18-13(2)17-16(14(18)19)10-6-7-11-16/h13,17H,3-12H2,1-2H3. The molecule has 0 aromatic heterocycles. The van der Waals surface area contributed by atoms with Crippen LogP contribution in [0.4, 0.5) is 0 Å². The molecule has 1 spiro atoms. The molecule has 19 heavy (non-hydrogen) atoms. The highest BCUT2D eigenvalue weighted by molar-refractivity contribution is 5.89. The van der Waals surface area contributed by atoms with Gasteiger partial charge in [0.2, 0.25) is 5.91 Å². The monoisotopic (exact) mass is 264 g/mol. The van der Waals surface area contributed by atoms with Crippen LogP contribution in [0, 0.1) is 5.41 Å². The van der Waals surface area contributed by atoms with Gasteiger partial charge in [0.15, 0.2) is 0 Å². The highest BCUT2D eigenvalue weighted by Crippen LogP contribution is 2.44. The van der Waals surface area contributed by atoms with Crippen molar-refractivity contribution < 1.29 is 4.79 Å². The summed E-state index contributed by atoms with van der Waals surface area (Å²) < 4.78 is 0. The summed E-state index contributed by atoms with van der Waals surface area (Å²) in [5, 5.41) is 3.62. The average Bonchev–Trinajstić information content (AvgIpc) is 3.09. The first-order chi connectivity index (χ1) is 9.11. The highest BCUT2D eigenvalue weighted by atomic mass is 16.2. The second kappa shape index (κ2) is 4.76. The van der Waals surface area contributed by atoms with Gasteiger partial charge in [-0.05, 0) is 44.4 Å². The van der Waals surface area contributed by atoms with Gasteiger partial charge in [0.25, 0.3) is 0 Å². The molecule has 0 aromatic rings. The Labute approximate surface area is 117 Å². The Kier molecular flexibility index (Phi) is 3.36. The molecule has 1 N–H and O–H groups in total. The van der Waals surface area contributed by atoms with E-state index in [1.165, 1.54) is 44.9 Å². The molecule has 3 nitrogen and oxygen atoms in total. The number of carbonyl (C=O) groups excluding carboxylic acids is 1. The zero-order chi connectivity index (χ0) is 13.5. The number of hydrogen-bond acceptors (Lipinski definition) is 2. The fraction of sp³-hybridized carbons (Fsp3) is 0.938. The van der Waals surface area contributed by atoms with Crippen LogP contribution in [0.2, 0.25) is 0 Å². The summed E-state index contributed by atoms with van der Waals surface area (Å²) >= 11 is 0. The fourth-order valence-electron chi connectivity index (χ4n) is 4.65. The molecular weight excluding hydrogens is 236 g/mol. The van der Waals surface area contributed by atoms with Gasteiger partial charge in [0.05, 0.1) is 11.7 Å². The van der Waals surface area contributed by atoms with Crippen LogP contribution in [-0.4, -0.2) is 29.1 Å². The number of amides is 1. The SMILES string of the molecule is CCC1(CN2C(=O)C3(CCCC3)NC2C)CCCC1. The van der Waals surface area contributed by atoms with E-state index in [2.05, 4.69) is 24.1 Å². The molecule has 1 atom stereocenters. The third kappa shape index (κ3) is 2.10. The van der Waals surface area contributed by atoms with Gasteiger partial charge < -0.3 is 4.90 Å². The van der Waals surface area contributed by atoms with Gasteiger partial charge in [-0.3, -0.25) is 10.1 Å². The summed E-state index contributed by atoms with van der Waals surface area (Å²) in [6.45, 7) is 5.46. The summed E-state index contributed by atoms with van der Waals surface area (Å²) in [5.74, 6) is 0.400. The normalized spacial score (nSPS) is 32.6.